The summed E-state index contributed by atoms with van der Waals surface area (Å²) in [6.07, 6.45) is 0.195. The second-order valence-electron chi connectivity index (χ2n) is 5.56. The summed E-state index contributed by atoms with van der Waals surface area (Å²) >= 11 is 0. The SMILES string of the molecule is O=C(CNCc1ccc(O)cc1O)N[C@@H](Cc1ccccc1)C(=O)O. The number of rotatable bonds is 8. The predicted molar refractivity (Wildman–Crippen MR) is 91.2 cm³/mol. The summed E-state index contributed by atoms with van der Waals surface area (Å²) in [6.45, 7) is 0.106. The van der Waals surface area contributed by atoms with Gasteiger partial charge in [0.2, 0.25) is 5.91 Å². The van der Waals surface area contributed by atoms with E-state index in [-0.39, 0.29) is 31.0 Å². The van der Waals surface area contributed by atoms with Crippen molar-refractivity contribution in [3.05, 3.63) is 59.7 Å². The number of aliphatic carboxylic acids is 1. The number of phenols is 2. The Morgan fingerprint density at radius 1 is 1.04 bits per heavy atom. The molecule has 132 valence electrons. The van der Waals surface area contributed by atoms with Gasteiger partial charge in [-0.2, -0.15) is 0 Å². The minimum atomic E-state index is -1.10. The first-order valence-corrected chi connectivity index (χ1v) is 7.73. The van der Waals surface area contributed by atoms with Gasteiger partial charge in [-0.25, -0.2) is 4.79 Å². The van der Waals surface area contributed by atoms with Gasteiger partial charge in [0.15, 0.2) is 0 Å². The van der Waals surface area contributed by atoms with Crippen LogP contribution in [0.5, 0.6) is 11.5 Å². The van der Waals surface area contributed by atoms with Crippen LogP contribution < -0.4 is 10.6 Å². The smallest absolute Gasteiger partial charge is 0.326 e. The summed E-state index contributed by atoms with van der Waals surface area (Å²) < 4.78 is 0. The highest BCUT2D eigenvalue weighted by atomic mass is 16.4. The van der Waals surface area contributed by atoms with Crippen LogP contribution in [0.2, 0.25) is 0 Å². The van der Waals surface area contributed by atoms with Crippen LogP contribution >= 0.6 is 0 Å². The Bertz CT molecular complexity index is 734. The Morgan fingerprint density at radius 3 is 2.40 bits per heavy atom. The van der Waals surface area contributed by atoms with E-state index in [1.54, 1.807) is 12.1 Å². The number of phenolic OH excluding ortho intramolecular Hbond substituents is 2. The number of carboxylic acid groups (broad SMARTS) is 1. The topological polar surface area (TPSA) is 119 Å². The van der Waals surface area contributed by atoms with Crippen molar-refractivity contribution in [3.8, 4) is 11.5 Å². The van der Waals surface area contributed by atoms with Crippen LogP contribution in [0.15, 0.2) is 48.5 Å². The van der Waals surface area contributed by atoms with Crippen LogP contribution in [0.3, 0.4) is 0 Å². The van der Waals surface area contributed by atoms with E-state index in [0.29, 0.717) is 5.56 Å². The average Bonchev–Trinajstić information content (AvgIpc) is 2.57. The van der Waals surface area contributed by atoms with Crippen LogP contribution in [-0.4, -0.2) is 39.8 Å². The molecule has 0 bridgehead atoms. The number of carboxylic acids is 1. The highest BCUT2D eigenvalue weighted by molar-refractivity contribution is 5.84. The average molecular weight is 344 g/mol. The van der Waals surface area contributed by atoms with Crippen molar-refractivity contribution in [1.82, 2.24) is 10.6 Å². The molecule has 0 saturated carbocycles. The number of carbonyl (C=O) groups is 2. The van der Waals surface area contributed by atoms with Gasteiger partial charge in [-0.1, -0.05) is 36.4 Å². The number of aromatic hydroxyl groups is 2. The van der Waals surface area contributed by atoms with Gasteiger partial charge in [-0.05, 0) is 11.6 Å². The molecule has 0 radical (unpaired) electrons. The monoisotopic (exact) mass is 344 g/mol. The fourth-order valence-corrected chi connectivity index (χ4v) is 2.31. The zero-order valence-electron chi connectivity index (χ0n) is 13.5. The molecule has 7 heteroatoms. The van der Waals surface area contributed by atoms with Gasteiger partial charge < -0.3 is 26.0 Å². The molecule has 1 amide bonds. The Labute approximate surface area is 144 Å². The Balaban J connectivity index is 1.83. The maximum absolute atomic E-state index is 11.9. The first-order chi connectivity index (χ1) is 12.0. The molecular weight excluding hydrogens is 324 g/mol. The summed E-state index contributed by atoms with van der Waals surface area (Å²) in [7, 11) is 0. The van der Waals surface area contributed by atoms with Crippen LogP contribution in [-0.2, 0) is 22.6 Å². The summed E-state index contributed by atoms with van der Waals surface area (Å²) in [6, 6.07) is 12.2. The molecule has 25 heavy (non-hydrogen) atoms. The van der Waals surface area contributed by atoms with E-state index in [2.05, 4.69) is 10.6 Å². The third-order valence-electron chi connectivity index (χ3n) is 3.59. The largest absolute Gasteiger partial charge is 0.508 e. The van der Waals surface area contributed by atoms with Crippen LogP contribution in [0.4, 0.5) is 0 Å². The van der Waals surface area contributed by atoms with E-state index in [4.69, 9.17) is 0 Å². The molecule has 1 atom stereocenters. The molecule has 0 aliphatic rings. The van der Waals surface area contributed by atoms with Crippen molar-refractivity contribution in [2.45, 2.75) is 19.0 Å². The van der Waals surface area contributed by atoms with E-state index in [0.717, 1.165) is 5.56 Å². The van der Waals surface area contributed by atoms with Gasteiger partial charge in [0.1, 0.15) is 17.5 Å². The number of amides is 1. The molecule has 2 aromatic carbocycles. The van der Waals surface area contributed by atoms with E-state index >= 15 is 0 Å². The molecule has 0 saturated heterocycles. The number of nitrogens with one attached hydrogen (secondary N) is 2. The van der Waals surface area contributed by atoms with Crippen molar-refractivity contribution < 1.29 is 24.9 Å². The van der Waals surface area contributed by atoms with Gasteiger partial charge in [0.25, 0.3) is 0 Å². The number of benzene rings is 2. The first-order valence-electron chi connectivity index (χ1n) is 7.73. The molecule has 7 nitrogen and oxygen atoms in total. The van der Waals surface area contributed by atoms with Gasteiger partial charge in [0.05, 0.1) is 6.54 Å². The van der Waals surface area contributed by atoms with E-state index < -0.39 is 17.9 Å². The summed E-state index contributed by atoms with van der Waals surface area (Å²) in [4.78, 5) is 23.3. The maximum Gasteiger partial charge on any atom is 0.326 e. The lowest BCUT2D eigenvalue weighted by atomic mass is 10.1. The normalized spacial score (nSPS) is 11.7. The lowest BCUT2D eigenvalue weighted by Crippen LogP contribution is -2.45. The quantitative estimate of drug-likeness (QED) is 0.487. The Kier molecular flexibility index (Phi) is 6.36. The summed E-state index contributed by atoms with van der Waals surface area (Å²) in [5.74, 6) is -1.69. The van der Waals surface area contributed by atoms with Crippen molar-refractivity contribution in [2.24, 2.45) is 0 Å². The molecule has 5 N–H and O–H groups in total. The highest BCUT2D eigenvalue weighted by Crippen LogP contribution is 2.22. The third kappa shape index (κ3) is 5.82. The molecule has 0 aliphatic carbocycles. The summed E-state index contributed by atoms with van der Waals surface area (Å²) in [5, 5.41) is 33.4. The number of hydrogen-bond acceptors (Lipinski definition) is 5. The van der Waals surface area contributed by atoms with E-state index in [1.807, 2.05) is 18.2 Å². The fourth-order valence-electron chi connectivity index (χ4n) is 2.31. The van der Waals surface area contributed by atoms with E-state index in [1.165, 1.54) is 18.2 Å². The van der Waals surface area contributed by atoms with Crippen LogP contribution in [0, 0.1) is 0 Å². The fraction of sp³-hybridized carbons (Fsp3) is 0.222. The highest BCUT2D eigenvalue weighted by Gasteiger charge is 2.20. The molecule has 2 aromatic rings. The van der Waals surface area contributed by atoms with Gasteiger partial charge >= 0.3 is 5.97 Å². The Morgan fingerprint density at radius 2 is 1.76 bits per heavy atom. The van der Waals surface area contributed by atoms with Gasteiger partial charge in [-0.15, -0.1) is 0 Å². The van der Waals surface area contributed by atoms with Crippen molar-refractivity contribution in [2.75, 3.05) is 6.54 Å². The summed E-state index contributed by atoms with van der Waals surface area (Å²) in [5.41, 5.74) is 1.34. The molecule has 0 spiro atoms. The first kappa shape index (κ1) is 18.3. The molecule has 0 aromatic heterocycles. The van der Waals surface area contributed by atoms with Crippen LogP contribution in [0.1, 0.15) is 11.1 Å². The molecule has 0 fully saturated rings. The minimum Gasteiger partial charge on any atom is -0.508 e. The van der Waals surface area contributed by atoms with Gasteiger partial charge in [-0.3, -0.25) is 4.79 Å². The zero-order valence-corrected chi connectivity index (χ0v) is 13.5. The molecule has 2 rings (SSSR count). The second-order valence-corrected chi connectivity index (χ2v) is 5.56. The number of hydrogen-bond donors (Lipinski definition) is 5. The molecular formula is C18H20N2O5. The molecule has 0 unspecified atom stereocenters. The van der Waals surface area contributed by atoms with Crippen molar-refractivity contribution in [3.63, 3.8) is 0 Å². The maximum atomic E-state index is 11.9. The zero-order chi connectivity index (χ0) is 18.2. The predicted octanol–water partition coefficient (Wildman–Crippen LogP) is 0.999. The minimum absolute atomic E-state index is 0.0517. The molecule has 0 aliphatic heterocycles. The van der Waals surface area contributed by atoms with Crippen molar-refractivity contribution >= 4 is 11.9 Å². The van der Waals surface area contributed by atoms with Crippen LogP contribution in [0.25, 0.3) is 0 Å². The molecule has 0 heterocycles. The number of carbonyl (C=O) groups excluding carboxylic acids is 1. The van der Waals surface area contributed by atoms with Gasteiger partial charge in [0, 0.05) is 24.6 Å². The lowest BCUT2D eigenvalue weighted by Gasteiger charge is -2.15. The van der Waals surface area contributed by atoms with Crippen molar-refractivity contribution in [1.29, 1.82) is 0 Å². The second kappa shape index (κ2) is 8.70. The standard InChI is InChI=1S/C18H20N2O5/c21-14-7-6-13(16(22)9-14)10-19-11-17(23)20-15(18(24)25)8-12-4-2-1-3-5-12/h1-7,9,15,19,21-22H,8,10-11H2,(H,20,23)(H,24,25)/t15-/m0/s1. The lowest BCUT2D eigenvalue weighted by molar-refractivity contribution is -0.141. The van der Waals surface area contributed by atoms with E-state index in [9.17, 15) is 24.9 Å². The Hall–Kier alpha value is -3.06. The third-order valence-corrected chi connectivity index (χ3v) is 3.59.